The Morgan fingerprint density at radius 2 is 1.94 bits per heavy atom. The molecule has 2 heterocycles. The zero-order valence-electron chi connectivity index (χ0n) is 10.2. The van der Waals surface area contributed by atoms with Crippen LogP contribution in [0.5, 0.6) is 0 Å². The lowest BCUT2D eigenvalue weighted by Gasteiger charge is -2.01. The number of imidazole rings is 1. The average molecular weight is 258 g/mol. The zero-order chi connectivity index (χ0) is 12.7. The standard InChI is InChI=1S/C14H12ClN3/c1-8-3-4-10(11(15)5-8)13-17-12-6-9(2)7-16-14(12)18-13/h3-7H,1-2H3,(H,16,17,18). The van der Waals surface area contributed by atoms with Gasteiger partial charge in [0.2, 0.25) is 0 Å². The number of H-pyrrole nitrogens is 1. The van der Waals surface area contributed by atoms with Crippen molar-refractivity contribution >= 4 is 22.8 Å². The van der Waals surface area contributed by atoms with Crippen LogP contribution < -0.4 is 0 Å². The molecule has 0 radical (unpaired) electrons. The largest absolute Gasteiger partial charge is 0.337 e. The predicted octanol–water partition coefficient (Wildman–Crippen LogP) is 3.90. The molecule has 0 saturated carbocycles. The predicted molar refractivity (Wildman–Crippen MR) is 73.8 cm³/mol. The fourth-order valence-electron chi connectivity index (χ4n) is 1.94. The number of benzene rings is 1. The number of halogens is 1. The van der Waals surface area contributed by atoms with E-state index in [2.05, 4.69) is 15.0 Å². The molecule has 3 aromatic rings. The van der Waals surface area contributed by atoms with Gasteiger partial charge in [0.25, 0.3) is 0 Å². The second-order valence-electron chi connectivity index (χ2n) is 4.45. The van der Waals surface area contributed by atoms with E-state index in [1.807, 2.05) is 44.3 Å². The lowest BCUT2D eigenvalue weighted by molar-refractivity contribution is 1.28. The first kappa shape index (κ1) is 11.2. The number of hydrogen-bond acceptors (Lipinski definition) is 2. The summed E-state index contributed by atoms with van der Waals surface area (Å²) in [6.07, 6.45) is 1.81. The molecule has 0 atom stereocenters. The first-order valence-corrected chi connectivity index (χ1v) is 6.10. The van der Waals surface area contributed by atoms with E-state index in [4.69, 9.17) is 11.6 Å². The third-order valence-corrected chi connectivity index (χ3v) is 3.17. The van der Waals surface area contributed by atoms with Crippen LogP contribution in [-0.4, -0.2) is 15.0 Å². The topological polar surface area (TPSA) is 41.6 Å². The van der Waals surface area contributed by atoms with Crippen molar-refractivity contribution in [2.24, 2.45) is 0 Å². The summed E-state index contributed by atoms with van der Waals surface area (Å²) in [6.45, 7) is 4.02. The molecule has 0 aliphatic heterocycles. The van der Waals surface area contributed by atoms with Crippen molar-refractivity contribution in [3.05, 3.63) is 46.6 Å². The molecule has 90 valence electrons. The minimum Gasteiger partial charge on any atom is -0.337 e. The molecule has 0 unspecified atom stereocenters. The molecule has 18 heavy (non-hydrogen) atoms. The number of pyridine rings is 1. The zero-order valence-corrected chi connectivity index (χ0v) is 10.9. The number of nitrogens with zero attached hydrogens (tertiary/aromatic N) is 2. The molecule has 0 aliphatic carbocycles. The maximum Gasteiger partial charge on any atom is 0.178 e. The summed E-state index contributed by atoms with van der Waals surface area (Å²) in [6, 6.07) is 7.96. The van der Waals surface area contributed by atoms with Gasteiger partial charge in [0, 0.05) is 11.8 Å². The van der Waals surface area contributed by atoms with Gasteiger partial charge in [-0.1, -0.05) is 17.7 Å². The van der Waals surface area contributed by atoms with Crippen molar-refractivity contribution in [1.29, 1.82) is 0 Å². The smallest absolute Gasteiger partial charge is 0.178 e. The van der Waals surface area contributed by atoms with Gasteiger partial charge in [-0.15, -0.1) is 0 Å². The van der Waals surface area contributed by atoms with Crippen LogP contribution in [0, 0.1) is 13.8 Å². The number of fused-ring (bicyclic) bond motifs is 1. The van der Waals surface area contributed by atoms with Crippen molar-refractivity contribution in [3.8, 4) is 11.4 Å². The molecule has 3 rings (SSSR count). The van der Waals surface area contributed by atoms with Crippen LogP contribution in [0.4, 0.5) is 0 Å². The molecule has 1 N–H and O–H groups in total. The van der Waals surface area contributed by atoms with Crippen molar-refractivity contribution in [3.63, 3.8) is 0 Å². The number of aryl methyl sites for hydroxylation is 2. The van der Waals surface area contributed by atoms with E-state index in [-0.39, 0.29) is 0 Å². The molecular weight excluding hydrogens is 246 g/mol. The van der Waals surface area contributed by atoms with E-state index in [9.17, 15) is 0 Å². The Morgan fingerprint density at radius 1 is 1.11 bits per heavy atom. The van der Waals surface area contributed by atoms with Crippen LogP contribution in [0.25, 0.3) is 22.6 Å². The van der Waals surface area contributed by atoms with Gasteiger partial charge >= 0.3 is 0 Å². The molecule has 0 bridgehead atoms. The highest BCUT2D eigenvalue weighted by molar-refractivity contribution is 6.33. The number of aromatic amines is 1. The van der Waals surface area contributed by atoms with E-state index in [0.29, 0.717) is 10.7 Å². The molecule has 0 fully saturated rings. The summed E-state index contributed by atoms with van der Waals surface area (Å²) >= 11 is 6.24. The molecule has 0 spiro atoms. The maximum absolute atomic E-state index is 6.24. The monoisotopic (exact) mass is 257 g/mol. The second kappa shape index (κ2) is 4.10. The Kier molecular flexibility index (Phi) is 2.56. The Bertz CT molecular complexity index is 731. The molecule has 0 saturated heterocycles. The van der Waals surface area contributed by atoms with E-state index in [0.717, 1.165) is 28.0 Å². The first-order chi connectivity index (χ1) is 8.63. The Balaban J connectivity index is 2.19. The van der Waals surface area contributed by atoms with Crippen LogP contribution in [0.1, 0.15) is 11.1 Å². The van der Waals surface area contributed by atoms with Gasteiger partial charge in [0.05, 0.1) is 10.5 Å². The highest BCUT2D eigenvalue weighted by atomic mass is 35.5. The Labute approximate surface area is 110 Å². The minimum atomic E-state index is 0.700. The summed E-state index contributed by atoms with van der Waals surface area (Å²) in [5.41, 5.74) is 4.79. The summed E-state index contributed by atoms with van der Waals surface area (Å²) < 4.78 is 0. The molecule has 0 aliphatic rings. The second-order valence-corrected chi connectivity index (χ2v) is 4.86. The summed E-state index contributed by atoms with van der Waals surface area (Å²) in [5, 5.41) is 0.700. The van der Waals surface area contributed by atoms with E-state index in [1.165, 1.54) is 0 Å². The molecule has 4 heteroatoms. The normalized spacial score (nSPS) is 11.1. The molecule has 3 nitrogen and oxygen atoms in total. The fourth-order valence-corrected chi connectivity index (χ4v) is 2.27. The third-order valence-electron chi connectivity index (χ3n) is 2.85. The van der Waals surface area contributed by atoms with E-state index >= 15 is 0 Å². The van der Waals surface area contributed by atoms with Crippen LogP contribution in [-0.2, 0) is 0 Å². The number of rotatable bonds is 1. The van der Waals surface area contributed by atoms with Gasteiger partial charge in [-0.3, -0.25) is 0 Å². The van der Waals surface area contributed by atoms with Crippen LogP contribution in [0.15, 0.2) is 30.5 Å². The van der Waals surface area contributed by atoms with Gasteiger partial charge < -0.3 is 4.98 Å². The lowest BCUT2D eigenvalue weighted by atomic mass is 10.1. The van der Waals surface area contributed by atoms with Gasteiger partial charge in [-0.25, -0.2) is 9.97 Å². The van der Waals surface area contributed by atoms with Gasteiger partial charge in [-0.05, 0) is 43.2 Å². The molecule has 1 aromatic carbocycles. The fraction of sp³-hybridized carbons (Fsp3) is 0.143. The number of hydrogen-bond donors (Lipinski definition) is 1. The lowest BCUT2D eigenvalue weighted by Crippen LogP contribution is -1.83. The third kappa shape index (κ3) is 1.87. The van der Waals surface area contributed by atoms with Crippen LogP contribution in [0.2, 0.25) is 5.02 Å². The summed E-state index contributed by atoms with van der Waals surface area (Å²) in [7, 11) is 0. The van der Waals surface area contributed by atoms with Gasteiger partial charge in [-0.2, -0.15) is 0 Å². The van der Waals surface area contributed by atoms with Gasteiger partial charge in [0.15, 0.2) is 5.65 Å². The molecule has 2 aromatic heterocycles. The van der Waals surface area contributed by atoms with Crippen molar-refractivity contribution in [2.75, 3.05) is 0 Å². The number of nitrogens with one attached hydrogen (secondary N) is 1. The average Bonchev–Trinajstić information content (AvgIpc) is 2.71. The van der Waals surface area contributed by atoms with Crippen LogP contribution >= 0.6 is 11.6 Å². The quantitative estimate of drug-likeness (QED) is 0.718. The summed E-state index contributed by atoms with van der Waals surface area (Å²) in [5.74, 6) is 0.758. The summed E-state index contributed by atoms with van der Waals surface area (Å²) in [4.78, 5) is 12.0. The number of aromatic nitrogens is 3. The van der Waals surface area contributed by atoms with Gasteiger partial charge in [0.1, 0.15) is 5.82 Å². The Hall–Kier alpha value is -1.87. The van der Waals surface area contributed by atoms with E-state index in [1.54, 1.807) is 0 Å². The SMILES string of the molecule is Cc1ccc(-c2nc3ncc(C)cc3[nH]2)c(Cl)c1. The maximum atomic E-state index is 6.24. The highest BCUT2D eigenvalue weighted by Gasteiger charge is 2.09. The Morgan fingerprint density at radius 3 is 2.72 bits per heavy atom. The van der Waals surface area contributed by atoms with Crippen molar-refractivity contribution < 1.29 is 0 Å². The van der Waals surface area contributed by atoms with Crippen molar-refractivity contribution in [2.45, 2.75) is 13.8 Å². The first-order valence-electron chi connectivity index (χ1n) is 5.72. The van der Waals surface area contributed by atoms with Crippen molar-refractivity contribution in [1.82, 2.24) is 15.0 Å². The minimum absolute atomic E-state index is 0.700. The van der Waals surface area contributed by atoms with Crippen LogP contribution in [0.3, 0.4) is 0 Å². The molecule has 0 amide bonds. The van der Waals surface area contributed by atoms with E-state index < -0.39 is 0 Å². The molecular formula is C14H12ClN3. The highest BCUT2D eigenvalue weighted by Crippen LogP contribution is 2.27.